The van der Waals surface area contributed by atoms with Crippen molar-refractivity contribution in [2.24, 2.45) is 7.05 Å². The highest BCUT2D eigenvalue weighted by molar-refractivity contribution is 5.80. The molecule has 0 aliphatic heterocycles. The molecule has 2 heterocycles. The number of fused-ring (bicyclic) bond motifs is 1. The molecule has 25 heavy (non-hydrogen) atoms. The molecule has 0 bridgehead atoms. The number of unbranched alkanes of at least 4 members (excludes halogenated alkanes) is 6. The summed E-state index contributed by atoms with van der Waals surface area (Å²) in [5, 5.41) is 0.729. The number of H-pyrrole nitrogens is 1. The molecule has 140 valence electrons. The molecule has 0 unspecified atom stereocenters. The third-order valence-corrected chi connectivity index (χ3v) is 5.13. The Labute approximate surface area is 151 Å². The second-order valence-corrected chi connectivity index (χ2v) is 7.24. The van der Waals surface area contributed by atoms with Gasteiger partial charge in [0, 0.05) is 13.2 Å². The summed E-state index contributed by atoms with van der Waals surface area (Å²) in [7, 11) is 1.95. The van der Waals surface area contributed by atoms with Crippen molar-refractivity contribution in [1.29, 1.82) is 0 Å². The molecule has 5 heteroatoms. The van der Waals surface area contributed by atoms with Gasteiger partial charge in [0.15, 0.2) is 0 Å². The van der Waals surface area contributed by atoms with Gasteiger partial charge in [-0.2, -0.15) is 4.98 Å². The molecule has 0 aliphatic carbocycles. The van der Waals surface area contributed by atoms with Crippen molar-refractivity contribution in [2.75, 3.05) is 5.73 Å². The van der Waals surface area contributed by atoms with Crippen molar-refractivity contribution in [3.8, 4) is 0 Å². The topological polar surface area (TPSA) is 76.7 Å². The molecule has 5 nitrogen and oxygen atoms in total. The van der Waals surface area contributed by atoms with Crippen molar-refractivity contribution < 1.29 is 0 Å². The van der Waals surface area contributed by atoms with Crippen molar-refractivity contribution in [3.63, 3.8) is 0 Å². The normalized spacial score (nSPS) is 11.7. The van der Waals surface area contributed by atoms with Gasteiger partial charge in [0.2, 0.25) is 5.95 Å². The SMILES string of the molecule is CCCCCCC(CCCCCC)c1cn(C)c2nc(N)[nH]c(=O)c12. The minimum atomic E-state index is -0.106. The number of hydrogen-bond acceptors (Lipinski definition) is 3. The standard InChI is InChI=1S/C20H34N4O/c1-4-6-8-10-12-15(13-11-9-7-5-2)16-14-24(3)18-17(16)19(25)23-20(21)22-18/h14-15H,4-13H2,1-3H3,(H3,21,22,23,25). The van der Waals surface area contributed by atoms with Crippen molar-refractivity contribution in [3.05, 3.63) is 22.1 Å². The molecule has 0 saturated carbocycles. The summed E-state index contributed by atoms with van der Waals surface area (Å²) in [6.07, 6.45) is 14.5. The van der Waals surface area contributed by atoms with Crippen LogP contribution in [0.15, 0.2) is 11.0 Å². The van der Waals surface area contributed by atoms with Crippen LogP contribution in [0.3, 0.4) is 0 Å². The molecular weight excluding hydrogens is 312 g/mol. The molecule has 0 fully saturated rings. The summed E-state index contributed by atoms with van der Waals surface area (Å²) in [5.41, 5.74) is 7.47. The molecule has 0 saturated heterocycles. The lowest BCUT2D eigenvalue weighted by molar-refractivity contribution is 0.498. The van der Waals surface area contributed by atoms with Crippen molar-refractivity contribution >= 4 is 17.0 Å². The van der Waals surface area contributed by atoms with Crippen LogP contribution >= 0.6 is 0 Å². The molecule has 0 spiro atoms. The molecular formula is C20H34N4O. The number of anilines is 1. The minimum Gasteiger partial charge on any atom is -0.369 e. The Balaban J connectivity index is 2.25. The van der Waals surface area contributed by atoms with Gasteiger partial charge >= 0.3 is 0 Å². The fourth-order valence-corrected chi connectivity index (χ4v) is 3.73. The largest absolute Gasteiger partial charge is 0.369 e. The van der Waals surface area contributed by atoms with E-state index in [0.717, 1.165) is 23.8 Å². The van der Waals surface area contributed by atoms with E-state index >= 15 is 0 Å². The van der Waals surface area contributed by atoms with E-state index in [0.29, 0.717) is 11.6 Å². The number of rotatable bonds is 11. The van der Waals surface area contributed by atoms with E-state index in [-0.39, 0.29) is 11.5 Å². The molecule has 2 aromatic rings. The number of nitrogens with one attached hydrogen (secondary N) is 1. The van der Waals surface area contributed by atoms with Crippen LogP contribution in [0.25, 0.3) is 11.0 Å². The van der Waals surface area contributed by atoms with E-state index < -0.39 is 0 Å². The Kier molecular flexibility index (Phi) is 7.53. The maximum Gasteiger partial charge on any atom is 0.262 e. The molecule has 0 amide bonds. The van der Waals surface area contributed by atoms with Crippen LogP contribution in [0.4, 0.5) is 5.95 Å². The number of hydrogen-bond donors (Lipinski definition) is 2. The van der Waals surface area contributed by atoms with Crippen molar-refractivity contribution in [2.45, 2.75) is 84.0 Å². The second-order valence-electron chi connectivity index (χ2n) is 7.24. The third-order valence-electron chi connectivity index (χ3n) is 5.13. The van der Waals surface area contributed by atoms with Crippen LogP contribution in [0.1, 0.15) is 89.5 Å². The van der Waals surface area contributed by atoms with E-state index in [1.165, 1.54) is 51.4 Å². The van der Waals surface area contributed by atoms with Gasteiger partial charge in [-0.1, -0.05) is 65.2 Å². The zero-order valence-electron chi connectivity index (χ0n) is 16.1. The summed E-state index contributed by atoms with van der Waals surface area (Å²) >= 11 is 0. The zero-order chi connectivity index (χ0) is 18.2. The van der Waals surface area contributed by atoms with Gasteiger partial charge in [-0.15, -0.1) is 0 Å². The smallest absolute Gasteiger partial charge is 0.262 e. The molecule has 2 rings (SSSR count). The van der Waals surface area contributed by atoms with Gasteiger partial charge in [0.1, 0.15) is 5.65 Å². The first-order chi connectivity index (χ1) is 12.1. The molecule has 0 radical (unpaired) electrons. The first-order valence-electron chi connectivity index (χ1n) is 9.93. The average molecular weight is 347 g/mol. The number of aromatic amines is 1. The highest BCUT2D eigenvalue weighted by atomic mass is 16.1. The highest BCUT2D eigenvalue weighted by Crippen LogP contribution is 2.32. The van der Waals surface area contributed by atoms with Crippen LogP contribution in [0.5, 0.6) is 0 Å². The van der Waals surface area contributed by atoms with Crippen LogP contribution in [0, 0.1) is 0 Å². The lowest BCUT2D eigenvalue weighted by atomic mass is 9.88. The Bertz CT molecular complexity index is 704. The first kappa shape index (κ1) is 19.5. The quantitative estimate of drug-likeness (QED) is 0.570. The second kappa shape index (κ2) is 9.64. The molecule has 0 atom stereocenters. The lowest BCUT2D eigenvalue weighted by Crippen LogP contribution is -2.13. The number of aryl methyl sites for hydroxylation is 1. The van der Waals surface area contributed by atoms with Gasteiger partial charge in [0.25, 0.3) is 5.56 Å². The van der Waals surface area contributed by atoms with Crippen LogP contribution in [-0.2, 0) is 7.05 Å². The summed E-state index contributed by atoms with van der Waals surface area (Å²) in [6.45, 7) is 4.48. The highest BCUT2D eigenvalue weighted by Gasteiger charge is 2.20. The van der Waals surface area contributed by atoms with Gasteiger partial charge in [-0.3, -0.25) is 9.78 Å². The fourth-order valence-electron chi connectivity index (χ4n) is 3.73. The average Bonchev–Trinajstić information content (AvgIpc) is 2.90. The predicted octanol–water partition coefficient (Wildman–Crippen LogP) is 4.87. The van der Waals surface area contributed by atoms with E-state index in [1.54, 1.807) is 0 Å². The monoisotopic (exact) mass is 346 g/mol. The summed E-state index contributed by atoms with van der Waals surface area (Å²) in [5.74, 6) is 0.622. The van der Waals surface area contributed by atoms with Gasteiger partial charge in [-0.25, -0.2) is 0 Å². The van der Waals surface area contributed by atoms with Crippen LogP contribution in [0.2, 0.25) is 0 Å². The molecule has 3 N–H and O–H groups in total. The van der Waals surface area contributed by atoms with Crippen LogP contribution in [-0.4, -0.2) is 14.5 Å². The lowest BCUT2D eigenvalue weighted by Gasteiger charge is -2.16. The fraction of sp³-hybridized carbons (Fsp3) is 0.700. The van der Waals surface area contributed by atoms with Gasteiger partial charge < -0.3 is 10.3 Å². The Morgan fingerprint density at radius 2 is 1.68 bits per heavy atom. The summed E-state index contributed by atoms with van der Waals surface area (Å²) in [4.78, 5) is 19.5. The number of nitrogens with two attached hydrogens (primary N) is 1. The minimum absolute atomic E-state index is 0.106. The van der Waals surface area contributed by atoms with Gasteiger partial charge in [-0.05, 0) is 24.3 Å². The maximum absolute atomic E-state index is 12.5. The Hall–Kier alpha value is -1.78. The first-order valence-corrected chi connectivity index (χ1v) is 9.93. The molecule has 2 aromatic heterocycles. The van der Waals surface area contributed by atoms with Crippen LogP contribution < -0.4 is 11.3 Å². The zero-order valence-corrected chi connectivity index (χ0v) is 16.1. The van der Waals surface area contributed by atoms with E-state index in [9.17, 15) is 4.79 Å². The Morgan fingerprint density at radius 1 is 1.08 bits per heavy atom. The number of nitrogens with zero attached hydrogens (tertiary/aromatic N) is 2. The molecule has 0 aromatic carbocycles. The van der Waals surface area contributed by atoms with E-state index in [4.69, 9.17) is 5.73 Å². The number of aromatic nitrogens is 3. The summed E-state index contributed by atoms with van der Waals surface area (Å²) in [6, 6.07) is 0. The number of nitrogen functional groups attached to an aromatic ring is 1. The predicted molar refractivity (Wildman–Crippen MR) is 106 cm³/mol. The van der Waals surface area contributed by atoms with E-state index in [2.05, 4.69) is 30.0 Å². The summed E-state index contributed by atoms with van der Waals surface area (Å²) < 4.78 is 1.95. The van der Waals surface area contributed by atoms with Crippen molar-refractivity contribution in [1.82, 2.24) is 14.5 Å². The third kappa shape index (κ3) is 5.10. The Morgan fingerprint density at radius 3 is 2.24 bits per heavy atom. The van der Waals surface area contributed by atoms with Gasteiger partial charge in [0.05, 0.1) is 5.39 Å². The van der Waals surface area contributed by atoms with E-state index in [1.807, 2.05) is 11.6 Å². The molecule has 0 aliphatic rings. The maximum atomic E-state index is 12.5.